The number of aryl methyl sites for hydroxylation is 1. The van der Waals surface area contributed by atoms with Crippen LogP contribution in [0.4, 0.5) is 0 Å². The van der Waals surface area contributed by atoms with Crippen molar-refractivity contribution in [3.05, 3.63) is 12.2 Å². The van der Waals surface area contributed by atoms with Crippen molar-refractivity contribution in [1.29, 1.82) is 0 Å². The van der Waals surface area contributed by atoms with Crippen LogP contribution in [0, 0.1) is 5.92 Å². The monoisotopic (exact) mass is 250 g/mol. The van der Waals surface area contributed by atoms with Crippen molar-refractivity contribution in [1.82, 2.24) is 25.0 Å². The Kier molecular flexibility index (Phi) is 4.17. The van der Waals surface area contributed by atoms with Gasteiger partial charge in [-0.25, -0.2) is 0 Å². The average molecular weight is 250 g/mol. The van der Waals surface area contributed by atoms with Crippen LogP contribution in [0.25, 0.3) is 0 Å². The Labute approximate surface area is 108 Å². The lowest BCUT2D eigenvalue weighted by atomic mass is 10.0. The summed E-state index contributed by atoms with van der Waals surface area (Å²) in [7, 11) is 3.78. The first kappa shape index (κ1) is 12.9. The van der Waals surface area contributed by atoms with Crippen LogP contribution in [0.5, 0.6) is 0 Å². The summed E-state index contributed by atoms with van der Waals surface area (Å²) in [5.74, 6) is 2.62. The van der Waals surface area contributed by atoms with Crippen LogP contribution in [-0.4, -0.2) is 45.8 Å². The predicted molar refractivity (Wildman–Crippen MR) is 71.2 cm³/mol. The number of nitrogens with zero attached hydrogens (tertiary/aromatic N) is 5. The molecule has 2 heterocycles. The van der Waals surface area contributed by atoms with E-state index in [4.69, 9.17) is 0 Å². The summed E-state index contributed by atoms with van der Waals surface area (Å²) < 4.78 is 1.92. The topological polar surface area (TPSA) is 58.3 Å². The highest BCUT2D eigenvalue weighted by Crippen LogP contribution is 2.15. The molecule has 2 rings (SSSR count). The number of piperidine rings is 1. The maximum Gasteiger partial charge on any atom is 0.194 e. The highest BCUT2D eigenvalue weighted by atomic mass is 15.3. The summed E-state index contributed by atoms with van der Waals surface area (Å²) in [5, 5.41) is 11.3. The summed E-state index contributed by atoms with van der Waals surface area (Å²) in [6.07, 6.45) is 4.27. The minimum atomic E-state index is 0.661. The van der Waals surface area contributed by atoms with Crippen molar-refractivity contribution in [2.45, 2.75) is 26.3 Å². The van der Waals surface area contributed by atoms with Crippen LogP contribution < -0.4 is 5.32 Å². The zero-order valence-corrected chi connectivity index (χ0v) is 11.4. The molecule has 1 fully saturated rings. The zero-order valence-electron chi connectivity index (χ0n) is 11.4. The van der Waals surface area contributed by atoms with E-state index in [2.05, 4.69) is 32.3 Å². The van der Waals surface area contributed by atoms with Crippen molar-refractivity contribution in [3.63, 3.8) is 0 Å². The molecule has 1 aromatic rings. The van der Waals surface area contributed by atoms with Crippen LogP contribution in [0.2, 0.25) is 0 Å². The molecule has 1 N–H and O–H groups in total. The summed E-state index contributed by atoms with van der Waals surface area (Å²) in [4.78, 5) is 6.67. The number of likely N-dealkylation sites (tertiary alicyclic amines) is 1. The summed E-state index contributed by atoms with van der Waals surface area (Å²) in [5.41, 5.74) is 0. The van der Waals surface area contributed by atoms with Crippen LogP contribution in [0.1, 0.15) is 25.6 Å². The molecule has 1 aromatic heterocycles. The lowest BCUT2D eigenvalue weighted by Crippen LogP contribution is -2.46. The van der Waals surface area contributed by atoms with Gasteiger partial charge in [0.1, 0.15) is 6.33 Å². The molecule has 0 aliphatic carbocycles. The fourth-order valence-corrected chi connectivity index (χ4v) is 2.34. The fourth-order valence-electron chi connectivity index (χ4n) is 2.34. The smallest absolute Gasteiger partial charge is 0.194 e. The van der Waals surface area contributed by atoms with E-state index in [0.717, 1.165) is 30.8 Å². The molecule has 1 aliphatic heterocycles. The minimum absolute atomic E-state index is 0.661. The molecule has 0 aromatic carbocycles. The minimum Gasteiger partial charge on any atom is -0.349 e. The lowest BCUT2D eigenvalue weighted by molar-refractivity contribution is 0.265. The second-order valence-electron chi connectivity index (χ2n) is 4.95. The first-order valence-electron chi connectivity index (χ1n) is 6.49. The number of hydrogen-bond donors (Lipinski definition) is 1. The Bertz CT molecular complexity index is 410. The first-order valence-corrected chi connectivity index (χ1v) is 6.49. The first-order chi connectivity index (χ1) is 8.70. The van der Waals surface area contributed by atoms with Gasteiger partial charge < -0.3 is 14.8 Å². The quantitative estimate of drug-likeness (QED) is 0.617. The van der Waals surface area contributed by atoms with E-state index in [9.17, 15) is 0 Å². The molecule has 1 atom stereocenters. The molecule has 0 radical (unpaired) electrons. The second-order valence-corrected chi connectivity index (χ2v) is 4.95. The van der Waals surface area contributed by atoms with Gasteiger partial charge in [-0.2, -0.15) is 0 Å². The molecule has 1 aliphatic rings. The van der Waals surface area contributed by atoms with Crippen LogP contribution in [-0.2, 0) is 13.6 Å². The van der Waals surface area contributed by atoms with Gasteiger partial charge in [-0.3, -0.25) is 4.99 Å². The molecule has 6 nitrogen and oxygen atoms in total. The molecular formula is C12H22N6. The van der Waals surface area contributed by atoms with Crippen LogP contribution in [0.15, 0.2) is 11.3 Å². The Morgan fingerprint density at radius 2 is 2.44 bits per heavy atom. The number of hydrogen-bond acceptors (Lipinski definition) is 3. The van der Waals surface area contributed by atoms with Gasteiger partial charge in [-0.1, -0.05) is 6.92 Å². The number of rotatable bonds is 2. The van der Waals surface area contributed by atoms with Gasteiger partial charge in [0.2, 0.25) is 0 Å². The molecule has 1 unspecified atom stereocenters. The highest BCUT2D eigenvalue weighted by molar-refractivity contribution is 5.79. The van der Waals surface area contributed by atoms with Crippen molar-refractivity contribution in [3.8, 4) is 0 Å². The van der Waals surface area contributed by atoms with Gasteiger partial charge in [0, 0.05) is 27.2 Å². The van der Waals surface area contributed by atoms with Crippen molar-refractivity contribution < 1.29 is 0 Å². The molecule has 100 valence electrons. The summed E-state index contributed by atoms with van der Waals surface area (Å²) >= 11 is 0. The van der Waals surface area contributed by atoms with E-state index < -0.39 is 0 Å². The van der Waals surface area contributed by atoms with Crippen molar-refractivity contribution in [2.24, 2.45) is 18.0 Å². The standard InChI is InChI=1S/C12H22N6/c1-10-5-4-6-18(8-10)12(13-2)14-7-11-16-15-9-17(11)3/h9-10H,4-8H2,1-3H3,(H,13,14). The van der Waals surface area contributed by atoms with E-state index in [1.54, 1.807) is 6.33 Å². The van der Waals surface area contributed by atoms with E-state index >= 15 is 0 Å². The average Bonchev–Trinajstić information content (AvgIpc) is 2.76. The maximum absolute atomic E-state index is 4.35. The Balaban J connectivity index is 1.92. The second kappa shape index (κ2) is 5.84. The van der Waals surface area contributed by atoms with Gasteiger partial charge in [0.05, 0.1) is 6.54 Å². The zero-order chi connectivity index (χ0) is 13.0. The largest absolute Gasteiger partial charge is 0.349 e. The molecule has 6 heteroatoms. The van der Waals surface area contributed by atoms with Crippen LogP contribution in [0.3, 0.4) is 0 Å². The number of nitrogens with one attached hydrogen (secondary N) is 1. The number of guanidine groups is 1. The van der Waals surface area contributed by atoms with Crippen LogP contribution >= 0.6 is 0 Å². The van der Waals surface area contributed by atoms with Gasteiger partial charge in [0.25, 0.3) is 0 Å². The van der Waals surface area contributed by atoms with Crippen molar-refractivity contribution >= 4 is 5.96 Å². The summed E-state index contributed by atoms with van der Waals surface area (Å²) in [6.45, 7) is 5.12. The predicted octanol–water partition coefficient (Wildman–Crippen LogP) is 0.622. The number of aliphatic imine (C=N–C) groups is 1. The Hall–Kier alpha value is -1.59. The molecule has 0 saturated carbocycles. The van der Waals surface area contributed by atoms with Gasteiger partial charge in [-0.15, -0.1) is 10.2 Å². The highest BCUT2D eigenvalue weighted by Gasteiger charge is 2.19. The van der Waals surface area contributed by atoms with E-state index in [1.807, 2.05) is 18.7 Å². The normalized spacial score (nSPS) is 21.2. The van der Waals surface area contributed by atoms with E-state index in [1.165, 1.54) is 12.8 Å². The molecule has 0 bridgehead atoms. The maximum atomic E-state index is 4.35. The van der Waals surface area contributed by atoms with E-state index in [-0.39, 0.29) is 0 Å². The molecule has 1 saturated heterocycles. The lowest BCUT2D eigenvalue weighted by Gasteiger charge is -2.33. The number of aromatic nitrogens is 3. The Morgan fingerprint density at radius 3 is 3.06 bits per heavy atom. The van der Waals surface area contributed by atoms with Gasteiger partial charge >= 0.3 is 0 Å². The van der Waals surface area contributed by atoms with Gasteiger partial charge in [-0.05, 0) is 18.8 Å². The molecule has 18 heavy (non-hydrogen) atoms. The Morgan fingerprint density at radius 1 is 1.61 bits per heavy atom. The third-order valence-electron chi connectivity index (χ3n) is 3.38. The SMILES string of the molecule is CN=C(NCc1nncn1C)N1CCCC(C)C1. The third-order valence-corrected chi connectivity index (χ3v) is 3.38. The molecule has 0 spiro atoms. The third kappa shape index (κ3) is 3.00. The molecule has 0 amide bonds. The fraction of sp³-hybridized carbons (Fsp3) is 0.750. The van der Waals surface area contributed by atoms with Crippen molar-refractivity contribution in [2.75, 3.05) is 20.1 Å². The molecular weight excluding hydrogens is 228 g/mol. The van der Waals surface area contributed by atoms with E-state index in [0.29, 0.717) is 6.54 Å². The summed E-state index contributed by atoms with van der Waals surface area (Å²) in [6, 6.07) is 0. The van der Waals surface area contributed by atoms with Gasteiger partial charge in [0.15, 0.2) is 11.8 Å².